The highest BCUT2D eigenvalue weighted by molar-refractivity contribution is 5.77. The van der Waals surface area contributed by atoms with E-state index in [0.717, 1.165) is 56.6 Å². The third-order valence-corrected chi connectivity index (χ3v) is 6.72. The van der Waals surface area contributed by atoms with Crippen molar-refractivity contribution in [1.29, 1.82) is 0 Å². The van der Waals surface area contributed by atoms with E-state index in [-0.39, 0.29) is 11.9 Å². The van der Waals surface area contributed by atoms with E-state index in [1.54, 1.807) is 19.2 Å². The molecule has 0 bridgehead atoms. The molecular weight excluding hydrogens is 432 g/mol. The second-order valence-electron chi connectivity index (χ2n) is 9.05. The molecule has 1 atom stereocenters. The number of para-hydroxylation sites is 1. The zero-order chi connectivity index (χ0) is 23.9. The molecule has 3 N–H and O–H groups in total. The Hall–Kier alpha value is -3.13. The molecule has 1 amide bonds. The molecule has 1 saturated heterocycles. The molecule has 0 spiro atoms. The lowest BCUT2D eigenvalue weighted by Crippen LogP contribution is -2.47. The first-order valence-corrected chi connectivity index (χ1v) is 12.2. The number of aryl methyl sites for hydroxylation is 2. The van der Waals surface area contributed by atoms with Crippen molar-refractivity contribution in [1.82, 2.24) is 15.2 Å². The maximum Gasteiger partial charge on any atom is 0.325 e. The lowest BCUT2D eigenvalue weighted by molar-refractivity contribution is -0.144. The van der Waals surface area contributed by atoms with Crippen LogP contribution in [0.4, 0.5) is 5.82 Å². The monoisotopic (exact) mass is 466 g/mol. The van der Waals surface area contributed by atoms with E-state index in [0.29, 0.717) is 30.8 Å². The van der Waals surface area contributed by atoms with Crippen LogP contribution in [0.25, 0.3) is 0 Å². The van der Waals surface area contributed by atoms with Crippen LogP contribution in [0.3, 0.4) is 0 Å². The van der Waals surface area contributed by atoms with Crippen LogP contribution in [0, 0.1) is 0 Å². The van der Waals surface area contributed by atoms with E-state index in [2.05, 4.69) is 22.8 Å². The molecule has 3 heterocycles. The molecule has 34 heavy (non-hydrogen) atoms. The van der Waals surface area contributed by atoms with E-state index in [1.807, 2.05) is 17.0 Å². The fraction of sp³-hybridized carbons (Fsp3) is 0.500. The van der Waals surface area contributed by atoms with Crippen molar-refractivity contribution in [3.8, 4) is 5.75 Å². The zero-order valence-corrected chi connectivity index (χ0v) is 19.8. The fourth-order valence-electron chi connectivity index (χ4n) is 4.92. The molecule has 1 aromatic heterocycles. The number of hydrogen-bond donors (Lipinski definition) is 3. The number of amides is 1. The number of methoxy groups -OCH3 is 1. The summed E-state index contributed by atoms with van der Waals surface area (Å²) in [7, 11) is 1.55. The predicted octanol–water partition coefficient (Wildman–Crippen LogP) is 3.18. The Bertz CT molecular complexity index is 1000. The quantitative estimate of drug-likeness (QED) is 0.521. The van der Waals surface area contributed by atoms with Crippen molar-refractivity contribution in [2.75, 3.05) is 32.1 Å². The van der Waals surface area contributed by atoms with Gasteiger partial charge in [0.25, 0.3) is 0 Å². The molecular formula is C26H34N4O4. The number of fused-ring (bicyclic) bond motifs is 1. The minimum atomic E-state index is -0.891. The van der Waals surface area contributed by atoms with Gasteiger partial charge in [0.05, 0.1) is 7.11 Å². The number of likely N-dealkylation sites (tertiary alicyclic amines) is 1. The molecule has 1 fully saturated rings. The van der Waals surface area contributed by atoms with Crippen LogP contribution in [-0.2, 0) is 22.4 Å². The van der Waals surface area contributed by atoms with Gasteiger partial charge in [0.15, 0.2) is 0 Å². The average Bonchev–Trinajstić information content (AvgIpc) is 2.85. The summed E-state index contributed by atoms with van der Waals surface area (Å²) in [5.41, 5.74) is 2.95. The van der Waals surface area contributed by atoms with Crippen LogP contribution >= 0.6 is 0 Å². The summed E-state index contributed by atoms with van der Waals surface area (Å²) in [5, 5.41) is 16.4. The molecule has 1 aromatic carbocycles. The first kappa shape index (κ1) is 24.0. The molecule has 2 aliphatic heterocycles. The van der Waals surface area contributed by atoms with Gasteiger partial charge in [-0.3, -0.25) is 14.5 Å². The van der Waals surface area contributed by atoms with Crippen molar-refractivity contribution in [3.63, 3.8) is 0 Å². The number of carbonyl (C=O) groups is 2. The summed E-state index contributed by atoms with van der Waals surface area (Å²) in [6.45, 7) is 2.18. The third kappa shape index (κ3) is 5.86. The molecule has 2 aromatic rings. The lowest BCUT2D eigenvalue weighted by Gasteiger charge is -2.36. The number of carboxylic acids is 1. The minimum absolute atomic E-state index is 0.0500. The maximum atomic E-state index is 12.5. The number of nitrogens with one attached hydrogen (secondary N) is 2. The zero-order valence-electron chi connectivity index (χ0n) is 19.8. The summed E-state index contributed by atoms with van der Waals surface area (Å²) >= 11 is 0. The van der Waals surface area contributed by atoms with Gasteiger partial charge in [0.1, 0.15) is 17.6 Å². The highest BCUT2D eigenvalue weighted by atomic mass is 16.5. The van der Waals surface area contributed by atoms with Gasteiger partial charge in [0, 0.05) is 43.4 Å². The van der Waals surface area contributed by atoms with Gasteiger partial charge in [-0.1, -0.05) is 24.3 Å². The van der Waals surface area contributed by atoms with Crippen LogP contribution in [-0.4, -0.2) is 59.7 Å². The first-order valence-electron chi connectivity index (χ1n) is 12.2. The number of carboxylic acid groups (broad SMARTS) is 1. The highest BCUT2D eigenvalue weighted by Gasteiger charge is 2.33. The third-order valence-electron chi connectivity index (χ3n) is 6.72. The van der Waals surface area contributed by atoms with Crippen LogP contribution < -0.4 is 15.4 Å². The molecule has 182 valence electrons. The maximum absolute atomic E-state index is 12.5. The van der Waals surface area contributed by atoms with Crippen molar-refractivity contribution in [2.45, 2.75) is 57.0 Å². The minimum Gasteiger partial charge on any atom is -0.496 e. The summed E-state index contributed by atoms with van der Waals surface area (Å²) < 4.78 is 5.38. The number of hydrogen-bond acceptors (Lipinski definition) is 6. The van der Waals surface area contributed by atoms with Crippen LogP contribution in [0.2, 0.25) is 0 Å². The molecule has 8 nitrogen and oxygen atoms in total. The van der Waals surface area contributed by atoms with Gasteiger partial charge >= 0.3 is 5.97 Å². The molecule has 4 rings (SSSR count). The summed E-state index contributed by atoms with van der Waals surface area (Å²) in [5.74, 6) is 0.731. The molecule has 0 radical (unpaired) electrons. The number of carbonyl (C=O) groups excluding carboxylic acids is 1. The fourth-order valence-corrected chi connectivity index (χ4v) is 4.92. The molecule has 8 heteroatoms. The van der Waals surface area contributed by atoms with Gasteiger partial charge in [-0.25, -0.2) is 4.98 Å². The second kappa shape index (κ2) is 11.3. The number of benzene rings is 1. The van der Waals surface area contributed by atoms with Gasteiger partial charge in [-0.15, -0.1) is 0 Å². The van der Waals surface area contributed by atoms with Crippen molar-refractivity contribution in [2.24, 2.45) is 0 Å². The normalized spacial score (nSPS) is 17.3. The Morgan fingerprint density at radius 3 is 2.79 bits per heavy atom. The smallest absolute Gasteiger partial charge is 0.325 e. The van der Waals surface area contributed by atoms with E-state index in [4.69, 9.17) is 9.72 Å². The Kier molecular flexibility index (Phi) is 8.00. The van der Waals surface area contributed by atoms with E-state index in [1.165, 1.54) is 5.56 Å². The van der Waals surface area contributed by atoms with Crippen LogP contribution in [0.5, 0.6) is 5.75 Å². The Balaban J connectivity index is 1.23. The van der Waals surface area contributed by atoms with Crippen LogP contribution in [0.15, 0.2) is 36.4 Å². The number of ether oxygens (including phenoxy) is 1. The summed E-state index contributed by atoms with van der Waals surface area (Å²) in [4.78, 5) is 31.2. The van der Waals surface area contributed by atoms with E-state index < -0.39 is 12.0 Å². The van der Waals surface area contributed by atoms with Crippen molar-refractivity contribution < 1.29 is 19.4 Å². The van der Waals surface area contributed by atoms with Crippen molar-refractivity contribution >= 4 is 17.7 Å². The average molecular weight is 467 g/mol. The summed E-state index contributed by atoms with van der Waals surface area (Å²) in [6, 6.07) is 10.8. The van der Waals surface area contributed by atoms with E-state index >= 15 is 0 Å². The largest absolute Gasteiger partial charge is 0.496 e. The number of aliphatic carboxylic acids is 1. The van der Waals surface area contributed by atoms with Gasteiger partial charge < -0.3 is 20.5 Å². The highest BCUT2D eigenvalue weighted by Crippen LogP contribution is 2.31. The number of rotatable bonds is 9. The standard InChI is InChI=1S/C26H34N4O4/c1-34-22-9-3-2-8-21(22)24(26(32)33)30-16-13-20(14-17-30)28-23(31)10-4-7-19-12-11-18-6-5-15-27-25(18)29-19/h2-3,8-9,11-12,20,24H,4-7,10,13-17H2,1H3,(H,27,29)(H,28,31)(H,32,33). The van der Waals surface area contributed by atoms with Crippen LogP contribution in [0.1, 0.15) is 55.0 Å². The number of nitrogens with zero attached hydrogens (tertiary/aromatic N) is 2. The Morgan fingerprint density at radius 2 is 2.03 bits per heavy atom. The number of aromatic nitrogens is 1. The first-order chi connectivity index (χ1) is 16.5. The van der Waals surface area contributed by atoms with Gasteiger partial charge in [0.2, 0.25) is 5.91 Å². The Labute approximate surface area is 200 Å². The molecule has 1 unspecified atom stereocenters. The van der Waals surface area contributed by atoms with Gasteiger partial charge in [-0.2, -0.15) is 0 Å². The van der Waals surface area contributed by atoms with Gasteiger partial charge in [-0.05, 0) is 56.2 Å². The van der Waals surface area contributed by atoms with E-state index in [9.17, 15) is 14.7 Å². The molecule has 0 aliphatic carbocycles. The number of piperidine rings is 1. The lowest BCUT2D eigenvalue weighted by atomic mass is 9.98. The number of pyridine rings is 1. The predicted molar refractivity (Wildman–Crippen MR) is 130 cm³/mol. The second-order valence-corrected chi connectivity index (χ2v) is 9.05. The molecule has 0 saturated carbocycles. The molecule has 2 aliphatic rings. The number of anilines is 1. The Morgan fingerprint density at radius 1 is 1.24 bits per heavy atom. The van der Waals surface area contributed by atoms with Crippen molar-refractivity contribution in [3.05, 3.63) is 53.2 Å². The summed E-state index contributed by atoms with van der Waals surface area (Å²) in [6.07, 6.45) is 5.66. The SMILES string of the molecule is COc1ccccc1C(C(=O)O)N1CCC(NC(=O)CCCc2ccc3c(n2)NCCC3)CC1. The topological polar surface area (TPSA) is 104 Å².